The van der Waals surface area contributed by atoms with Gasteiger partial charge in [0.2, 0.25) is 0 Å². The van der Waals surface area contributed by atoms with Crippen LogP contribution in [0.1, 0.15) is 29.5 Å². The van der Waals surface area contributed by atoms with Gasteiger partial charge in [0.25, 0.3) is 0 Å². The molecular formula is C15H17N5S. The number of fused-ring (bicyclic) bond motifs is 1. The molecule has 4 rings (SSSR count). The van der Waals surface area contributed by atoms with Crippen molar-refractivity contribution in [2.45, 2.75) is 25.3 Å². The van der Waals surface area contributed by atoms with Gasteiger partial charge in [0.1, 0.15) is 5.01 Å². The largest absolute Gasteiger partial charge is 0.297 e. The minimum Gasteiger partial charge on any atom is -0.297 e. The maximum atomic E-state index is 4.41. The Morgan fingerprint density at radius 3 is 2.81 bits per heavy atom. The third-order valence-corrected chi connectivity index (χ3v) is 4.93. The number of nitrogens with zero attached hydrogens (tertiary/aromatic N) is 5. The van der Waals surface area contributed by atoms with E-state index < -0.39 is 0 Å². The summed E-state index contributed by atoms with van der Waals surface area (Å²) in [6.07, 6.45) is 7.95. The van der Waals surface area contributed by atoms with Gasteiger partial charge in [-0.05, 0) is 32.0 Å². The molecule has 4 heterocycles. The van der Waals surface area contributed by atoms with Crippen molar-refractivity contribution in [3.63, 3.8) is 0 Å². The van der Waals surface area contributed by atoms with Gasteiger partial charge in [-0.1, -0.05) is 0 Å². The average Bonchev–Trinajstić information content (AvgIpc) is 3.18. The highest BCUT2D eigenvalue weighted by molar-refractivity contribution is 7.09. The number of rotatable bonds is 3. The predicted molar refractivity (Wildman–Crippen MR) is 82.4 cm³/mol. The summed E-state index contributed by atoms with van der Waals surface area (Å²) in [5, 5.41) is 7.67. The van der Waals surface area contributed by atoms with Crippen LogP contribution in [0.5, 0.6) is 0 Å². The van der Waals surface area contributed by atoms with Gasteiger partial charge in [-0.3, -0.25) is 4.90 Å². The van der Waals surface area contributed by atoms with E-state index >= 15 is 0 Å². The topological polar surface area (TPSA) is 46.3 Å². The van der Waals surface area contributed by atoms with E-state index in [0.29, 0.717) is 5.92 Å². The fourth-order valence-corrected chi connectivity index (χ4v) is 3.73. The summed E-state index contributed by atoms with van der Waals surface area (Å²) in [7, 11) is 0. The van der Waals surface area contributed by atoms with E-state index in [9.17, 15) is 0 Å². The van der Waals surface area contributed by atoms with Crippen LogP contribution in [0, 0.1) is 0 Å². The van der Waals surface area contributed by atoms with Gasteiger partial charge in [-0.25, -0.2) is 14.5 Å². The van der Waals surface area contributed by atoms with E-state index in [0.717, 1.165) is 25.3 Å². The molecule has 1 fully saturated rings. The van der Waals surface area contributed by atoms with Crippen LogP contribution in [0.15, 0.2) is 36.1 Å². The van der Waals surface area contributed by atoms with Crippen molar-refractivity contribution in [1.82, 2.24) is 24.5 Å². The van der Waals surface area contributed by atoms with Gasteiger partial charge in [-0.2, -0.15) is 5.10 Å². The highest BCUT2D eigenvalue weighted by atomic mass is 32.1. The summed E-state index contributed by atoms with van der Waals surface area (Å²) in [5.74, 6) is 0.572. The Bertz CT molecular complexity index is 713. The Hall–Kier alpha value is -1.79. The Kier molecular flexibility index (Phi) is 3.40. The number of hydrogen-bond acceptors (Lipinski definition) is 5. The minimum atomic E-state index is 0.572. The molecule has 6 heteroatoms. The number of piperidine rings is 1. The van der Waals surface area contributed by atoms with Crippen molar-refractivity contribution < 1.29 is 0 Å². The third-order valence-electron chi connectivity index (χ3n) is 4.17. The van der Waals surface area contributed by atoms with E-state index in [1.807, 2.05) is 34.6 Å². The molecule has 0 N–H and O–H groups in total. The highest BCUT2D eigenvalue weighted by Crippen LogP contribution is 2.28. The molecule has 0 spiro atoms. The molecule has 3 aromatic heterocycles. The molecule has 1 saturated heterocycles. The summed E-state index contributed by atoms with van der Waals surface area (Å²) >= 11 is 1.74. The monoisotopic (exact) mass is 299 g/mol. The lowest BCUT2D eigenvalue weighted by Gasteiger charge is -2.31. The van der Waals surface area contributed by atoms with Crippen LogP contribution in [0.3, 0.4) is 0 Å². The molecule has 0 aromatic carbocycles. The minimum absolute atomic E-state index is 0.572. The molecule has 0 saturated carbocycles. The van der Waals surface area contributed by atoms with Crippen LogP contribution >= 0.6 is 11.3 Å². The predicted octanol–water partition coefficient (Wildman–Crippen LogP) is 2.57. The van der Waals surface area contributed by atoms with E-state index in [4.69, 9.17) is 0 Å². The first kappa shape index (κ1) is 12.9. The van der Waals surface area contributed by atoms with Crippen LogP contribution in [0.4, 0.5) is 0 Å². The van der Waals surface area contributed by atoms with E-state index in [1.165, 1.54) is 23.5 Å². The fraction of sp³-hybridized carbons (Fsp3) is 0.400. The first-order chi connectivity index (χ1) is 10.4. The Balaban J connectivity index is 1.46. The van der Waals surface area contributed by atoms with Gasteiger partial charge in [0.05, 0.1) is 12.7 Å². The first-order valence-corrected chi connectivity index (χ1v) is 8.17. The maximum Gasteiger partial charge on any atom is 0.155 e. The molecule has 0 bridgehead atoms. The van der Waals surface area contributed by atoms with Crippen molar-refractivity contribution in [3.8, 4) is 0 Å². The Morgan fingerprint density at radius 2 is 2.00 bits per heavy atom. The van der Waals surface area contributed by atoms with Crippen molar-refractivity contribution in [3.05, 3.63) is 46.8 Å². The molecule has 0 atom stereocenters. The number of hydrogen-bond donors (Lipinski definition) is 0. The van der Waals surface area contributed by atoms with Crippen molar-refractivity contribution in [1.29, 1.82) is 0 Å². The summed E-state index contributed by atoms with van der Waals surface area (Å²) in [6.45, 7) is 3.22. The molecule has 21 heavy (non-hydrogen) atoms. The zero-order valence-corrected chi connectivity index (χ0v) is 12.5. The van der Waals surface area contributed by atoms with Crippen molar-refractivity contribution in [2.24, 2.45) is 0 Å². The van der Waals surface area contributed by atoms with Crippen LogP contribution in [0.2, 0.25) is 0 Å². The second-order valence-corrected chi connectivity index (χ2v) is 6.43. The fourth-order valence-electron chi connectivity index (χ4n) is 3.07. The smallest absolute Gasteiger partial charge is 0.155 e. The molecule has 3 aromatic rings. The van der Waals surface area contributed by atoms with Gasteiger partial charge in [0.15, 0.2) is 5.65 Å². The second-order valence-electron chi connectivity index (χ2n) is 5.45. The third kappa shape index (κ3) is 2.56. The van der Waals surface area contributed by atoms with E-state index in [1.54, 1.807) is 11.3 Å². The van der Waals surface area contributed by atoms with Crippen LogP contribution in [0.25, 0.3) is 5.65 Å². The Labute approximate surface area is 127 Å². The molecular weight excluding hydrogens is 282 g/mol. The first-order valence-electron chi connectivity index (χ1n) is 7.29. The van der Waals surface area contributed by atoms with E-state index in [2.05, 4.69) is 26.0 Å². The Morgan fingerprint density at radius 1 is 1.10 bits per heavy atom. The standard InChI is InChI=1S/C15H17N5S/c1-5-16-14-2-6-18-20(14)13(1)12-3-8-19(9-4-12)11-15-17-7-10-21-15/h1-2,5-7,10,12H,3-4,8-9,11H2. The van der Waals surface area contributed by atoms with Crippen LogP contribution in [-0.2, 0) is 6.54 Å². The molecule has 1 aliphatic rings. The van der Waals surface area contributed by atoms with Crippen LogP contribution in [-0.4, -0.2) is 37.6 Å². The molecule has 0 amide bonds. The summed E-state index contributed by atoms with van der Waals surface area (Å²) < 4.78 is 1.99. The number of thiazole rings is 1. The molecule has 0 radical (unpaired) electrons. The zero-order chi connectivity index (χ0) is 14.1. The van der Waals surface area contributed by atoms with Gasteiger partial charge in [-0.15, -0.1) is 11.3 Å². The number of aromatic nitrogens is 4. The second kappa shape index (κ2) is 5.54. The van der Waals surface area contributed by atoms with E-state index in [-0.39, 0.29) is 0 Å². The average molecular weight is 299 g/mol. The molecule has 5 nitrogen and oxygen atoms in total. The summed E-state index contributed by atoms with van der Waals surface area (Å²) in [4.78, 5) is 11.2. The van der Waals surface area contributed by atoms with Crippen molar-refractivity contribution in [2.75, 3.05) is 13.1 Å². The highest BCUT2D eigenvalue weighted by Gasteiger charge is 2.23. The number of likely N-dealkylation sites (tertiary alicyclic amines) is 1. The quantitative estimate of drug-likeness (QED) is 0.746. The van der Waals surface area contributed by atoms with Gasteiger partial charge < -0.3 is 0 Å². The lowest BCUT2D eigenvalue weighted by Crippen LogP contribution is -2.33. The van der Waals surface area contributed by atoms with Crippen molar-refractivity contribution >= 4 is 17.0 Å². The molecule has 108 valence electrons. The molecule has 0 unspecified atom stereocenters. The molecule has 0 aliphatic carbocycles. The summed E-state index contributed by atoms with van der Waals surface area (Å²) in [6, 6.07) is 4.07. The molecule has 1 aliphatic heterocycles. The SMILES string of the molecule is c1csc(CN2CCC(c3ccnc4ccnn34)CC2)n1. The zero-order valence-electron chi connectivity index (χ0n) is 11.7. The summed E-state index contributed by atoms with van der Waals surface area (Å²) in [5.41, 5.74) is 2.23. The van der Waals surface area contributed by atoms with Gasteiger partial charge in [0, 0.05) is 35.5 Å². The lowest BCUT2D eigenvalue weighted by molar-refractivity contribution is 0.202. The normalized spacial score (nSPS) is 17.5. The maximum absolute atomic E-state index is 4.41. The van der Waals surface area contributed by atoms with Gasteiger partial charge >= 0.3 is 0 Å². The lowest BCUT2D eigenvalue weighted by atomic mass is 9.93. The van der Waals surface area contributed by atoms with Crippen LogP contribution < -0.4 is 0 Å².